The molecule has 1 atom stereocenters. The van der Waals surface area contributed by atoms with Crippen LogP contribution in [0.1, 0.15) is 34.1 Å². The number of nitrogens with zero attached hydrogens (tertiary/aromatic N) is 2. The number of aromatic nitrogens is 1. The second kappa shape index (κ2) is 11.1. The third-order valence-electron chi connectivity index (χ3n) is 5.48. The zero-order valence-electron chi connectivity index (χ0n) is 19.2. The van der Waals surface area contributed by atoms with Gasteiger partial charge in [-0.05, 0) is 48.2 Å². The summed E-state index contributed by atoms with van der Waals surface area (Å²) in [5.41, 5.74) is 3.09. The molecule has 1 aromatic heterocycles. The first-order valence-corrected chi connectivity index (χ1v) is 12.0. The standard InChI is InChI=1S/C25H25N5O4S/c1-34-11-10-27-23(32)16-4-2-15(3-5-16)17-6-9-20-21(12-17)35-25(30-20)19(13-26)24(33)28-14-22(31)29-18-7-8-18/h2-6,9,12,18-19H,7-8,10-11,14H2,1H3,(H,27,32)(H,28,33)(H,29,31)/t19-/m1/s1. The maximum atomic E-state index is 12.5. The quantitative estimate of drug-likeness (QED) is 0.373. The summed E-state index contributed by atoms with van der Waals surface area (Å²) in [4.78, 5) is 41.0. The lowest BCUT2D eigenvalue weighted by molar-refractivity contribution is -0.126. The predicted octanol–water partition coefficient (Wildman–Crippen LogP) is 2.34. The molecule has 0 spiro atoms. The van der Waals surface area contributed by atoms with Gasteiger partial charge in [-0.2, -0.15) is 5.26 Å². The third-order valence-corrected chi connectivity index (χ3v) is 6.56. The molecule has 0 saturated heterocycles. The molecular weight excluding hydrogens is 466 g/mol. The van der Waals surface area contributed by atoms with Gasteiger partial charge in [-0.3, -0.25) is 14.4 Å². The molecule has 2 aromatic carbocycles. The molecule has 1 fully saturated rings. The Labute approximate surface area is 206 Å². The fourth-order valence-electron chi connectivity index (χ4n) is 3.43. The Morgan fingerprint density at radius 1 is 1.14 bits per heavy atom. The molecule has 180 valence electrons. The molecule has 0 aliphatic heterocycles. The van der Waals surface area contributed by atoms with Crippen molar-refractivity contribution in [1.29, 1.82) is 5.26 Å². The Kier molecular flexibility index (Phi) is 7.70. The smallest absolute Gasteiger partial charge is 0.251 e. The lowest BCUT2D eigenvalue weighted by Crippen LogP contribution is -2.39. The van der Waals surface area contributed by atoms with Gasteiger partial charge in [0.15, 0.2) is 5.92 Å². The van der Waals surface area contributed by atoms with Crippen molar-refractivity contribution in [1.82, 2.24) is 20.9 Å². The molecule has 1 heterocycles. The number of nitrogens with one attached hydrogen (secondary N) is 3. The average Bonchev–Trinajstić information content (AvgIpc) is 3.58. The van der Waals surface area contributed by atoms with Gasteiger partial charge in [0.2, 0.25) is 11.8 Å². The van der Waals surface area contributed by atoms with Crippen LogP contribution < -0.4 is 16.0 Å². The van der Waals surface area contributed by atoms with E-state index in [0.717, 1.165) is 28.7 Å². The van der Waals surface area contributed by atoms with Crippen molar-refractivity contribution in [2.45, 2.75) is 24.8 Å². The highest BCUT2D eigenvalue weighted by molar-refractivity contribution is 7.18. The SMILES string of the molecule is COCCNC(=O)c1ccc(-c2ccc3nc([C@H](C#N)C(=O)NCC(=O)NC4CC4)sc3c2)cc1. The van der Waals surface area contributed by atoms with Crippen molar-refractivity contribution in [2.75, 3.05) is 26.8 Å². The van der Waals surface area contributed by atoms with E-state index < -0.39 is 11.8 Å². The summed E-state index contributed by atoms with van der Waals surface area (Å²) in [7, 11) is 1.58. The molecule has 0 bridgehead atoms. The van der Waals surface area contributed by atoms with Gasteiger partial charge in [0.1, 0.15) is 5.01 Å². The molecule has 0 radical (unpaired) electrons. The number of carbonyl (C=O) groups excluding carboxylic acids is 3. The van der Waals surface area contributed by atoms with E-state index in [-0.39, 0.29) is 24.4 Å². The summed E-state index contributed by atoms with van der Waals surface area (Å²) in [6.07, 6.45) is 1.92. The Bertz CT molecular complexity index is 1280. The summed E-state index contributed by atoms with van der Waals surface area (Å²) in [5.74, 6) is -2.07. The van der Waals surface area contributed by atoms with E-state index in [0.29, 0.717) is 29.2 Å². The maximum absolute atomic E-state index is 12.5. The van der Waals surface area contributed by atoms with Crippen LogP contribution in [-0.4, -0.2) is 55.6 Å². The summed E-state index contributed by atoms with van der Waals surface area (Å²) in [6.45, 7) is 0.727. The van der Waals surface area contributed by atoms with Crippen LogP contribution in [0, 0.1) is 11.3 Å². The van der Waals surface area contributed by atoms with E-state index in [1.165, 1.54) is 11.3 Å². The van der Waals surface area contributed by atoms with E-state index in [9.17, 15) is 19.6 Å². The van der Waals surface area contributed by atoms with E-state index in [4.69, 9.17) is 4.74 Å². The van der Waals surface area contributed by atoms with Crippen LogP contribution in [0.3, 0.4) is 0 Å². The van der Waals surface area contributed by atoms with Crippen molar-refractivity contribution >= 4 is 39.3 Å². The third kappa shape index (κ3) is 6.20. The molecule has 1 aliphatic carbocycles. The number of carbonyl (C=O) groups is 3. The molecule has 3 aromatic rings. The fraction of sp³-hybridized carbons (Fsp3) is 0.320. The Morgan fingerprint density at radius 2 is 1.89 bits per heavy atom. The van der Waals surface area contributed by atoms with E-state index >= 15 is 0 Å². The minimum Gasteiger partial charge on any atom is -0.383 e. The van der Waals surface area contributed by atoms with E-state index in [1.54, 1.807) is 19.2 Å². The number of rotatable bonds is 10. The molecular formula is C25H25N5O4S. The second-order valence-corrected chi connectivity index (χ2v) is 9.24. The van der Waals surface area contributed by atoms with Gasteiger partial charge in [-0.25, -0.2) is 4.98 Å². The lowest BCUT2D eigenvalue weighted by Gasteiger charge is -2.08. The largest absolute Gasteiger partial charge is 0.383 e. The number of thiazole rings is 1. The predicted molar refractivity (Wildman–Crippen MR) is 132 cm³/mol. The summed E-state index contributed by atoms with van der Waals surface area (Å²) < 4.78 is 5.77. The highest BCUT2D eigenvalue weighted by Crippen LogP contribution is 2.31. The van der Waals surface area contributed by atoms with Crippen LogP contribution in [0.25, 0.3) is 21.3 Å². The first-order chi connectivity index (χ1) is 17.0. The number of hydrogen-bond acceptors (Lipinski definition) is 7. The molecule has 3 amide bonds. The van der Waals surface area contributed by atoms with Crippen LogP contribution in [0.4, 0.5) is 0 Å². The number of amides is 3. The molecule has 10 heteroatoms. The van der Waals surface area contributed by atoms with Crippen molar-refractivity contribution in [3.8, 4) is 17.2 Å². The summed E-state index contributed by atoms with van der Waals surface area (Å²) in [5, 5.41) is 18.1. The number of fused-ring (bicyclic) bond motifs is 1. The number of methoxy groups -OCH3 is 1. The Morgan fingerprint density at radius 3 is 2.57 bits per heavy atom. The highest BCUT2D eigenvalue weighted by atomic mass is 32.1. The fourth-order valence-corrected chi connectivity index (χ4v) is 4.48. The van der Waals surface area contributed by atoms with E-state index in [1.807, 2.05) is 36.4 Å². The monoisotopic (exact) mass is 491 g/mol. The molecule has 1 saturated carbocycles. The average molecular weight is 492 g/mol. The summed E-state index contributed by atoms with van der Waals surface area (Å²) in [6, 6.07) is 15.1. The first kappa shape index (κ1) is 24.3. The van der Waals surface area contributed by atoms with Gasteiger partial charge in [-0.1, -0.05) is 18.2 Å². The number of ether oxygens (including phenoxy) is 1. The number of hydrogen-bond donors (Lipinski definition) is 3. The minimum atomic E-state index is -1.10. The minimum absolute atomic E-state index is 0.164. The molecule has 0 unspecified atom stereocenters. The van der Waals surface area contributed by atoms with Gasteiger partial charge >= 0.3 is 0 Å². The number of nitriles is 1. The normalized spacial score (nSPS) is 13.6. The van der Waals surface area contributed by atoms with Gasteiger partial charge in [0.25, 0.3) is 5.91 Å². The van der Waals surface area contributed by atoms with Crippen LogP contribution in [-0.2, 0) is 14.3 Å². The molecule has 35 heavy (non-hydrogen) atoms. The molecule has 4 rings (SSSR count). The molecule has 9 nitrogen and oxygen atoms in total. The Balaban J connectivity index is 1.44. The second-order valence-electron chi connectivity index (χ2n) is 8.18. The van der Waals surface area contributed by atoms with Crippen LogP contribution in [0.15, 0.2) is 42.5 Å². The van der Waals surface area contributed by atoms with Crippen molar-refractivity contribution < 1.29 is 19.1 Å². The lowest BCUT2D eigenvalue weighted by atomic mass is 10.0. The van der Waals surface area contributed by atoms with Crippen molar-refractivity contribution in [2.24, 2.45) is 0 Å². The van der Waals surface area contributed by atoms with Gasteiger partial charge in [0.05, 0.1) is 29.4 Å². The van der Waals surface area contributed by atoms with Crippen LogP contribution in [0.5, 0.6) is 0 Å². The number of benzene rings is 2. The van der Waals surface area contributed by atoms with Crippen molar-refractivity contribution in [3.05, 3.63) is 53.0 Å². The molecule has 3 N–H and O–H groups in total. The van der Waals surface area contributed by atoms with Crippen LogP contribution in [0.2, 0.25) is 0 Å². The maximum Gasteiger partial charge on any atom is 0.251 e. The Hall–Kier alpha value is -3.81. The van der Waals surface area contributed by atoms with E-state index in [2.05, 4.69) is 20.9 Å². The topological polar surface area (TPSA) is 133 Å². The zero-order chi connectivity index (χ0) is 24.8. The summed E-state index contributed by atoms with van der Waals surface area (Å²) >= 11 is 1.27. The zero-order valence-corrected chi connectivity index (χ0v) is 20.0. The molecule has 1 aliphatic rings. The van der Waals surface area contributed by atoms with Gasteiger partial charge in [0, 0.05) is 25.3 Å². The van der Waals surface area contributed by atoms with Crippen molar-refractivity contribution in [3.63, 3.8) is 0 Å². The van der Waals surface area contributed by atoms with Crippen LogP contribution >= 0.6 is 11.3 Å². The highest BCUT2D eigenvalue weighted by Gasteiger charge is 2.26. The first-order valence-electron chi connectivity index (χ1n) is 11.2. The van der Waals surface area contributed by atoms with Gasteiger partial charge < -0.3 is 20.7 Å². The van der Waals surface area contributed by atoms with Gasteiger partial charge in [-0.15, -0.1) is 11.3 Å².